The molecule has 1 fully saturated rings. The number of carbonyl (C=O) groups is 4. The van der Waals surface area contributed by atoms with E-state index in [1.54, 1.807) is 48.5 Å². The third-order valence-corrected chi connectivity index (χ3v) is 8.61. The summed E-state index contributed by atoms with van der Waals surface area (Å²) in [6.07, 6.45) is 11.3. The molecule has 17 heteroatoms. The number of carbonyl (C=O) groups excluding carboxylic acids is 4. The van der Waals surface area contributed by atoms with E-state index >= 15 is 0 Å². The van der Waals surface area contributed by atoms with Gasteiger partial charge in [-0.3, -0.25) is 29.9 Å². The zero-order valence-corrected chi connectivity index (χ0v) is 35.7. The van der Waals surface area contributed by atoms with Gasteiger partial charge in [0.15, 0.2) is 6.29 Å². The van der Waals surface area contributed by atoms with Gasteiger partial charge in [-0.15, -0.1) is 0 Å². The van der Waals surface area contributed by atoms with Gasteiger partial charge in [0.2, 0.25) is 0 Å². The number of nitrogens with zero attached hydrogens (tertiary/aromatic N) is 6. The Hall–Kier alpha value is -6.68. The number of aromatic nitrogens is 6. The summed E-state index contributed by atoms with van der Waals surface area (Å²) >= 11 is 0. The van der Waals surface area contributed by atoms with Gasteiger partial charge in [0.05, 0.1) is 98.1 Å². The number of methoxy groups -OCH3 is 4. The van der Waals surface area contributed by atoms with Crippen LogP contribution in [0.5, 0.6) is 0 Å². The minimum absolute atomic E-state index is 0. The standard InChI is InChI=1S/C16H18N2O2.2C14H12N2O4.Ru/c1-12-4-6-17-14(10-12)15-11-13(5-7-18-15)2-3-16-19-8-9-20-16;2*1-19-13(17)9-3-5-15-11(7-9)12-8-10(4-6-16-12)14(18)20-2;/h4-7,10-11,16H,2-3,8-9H2,1H3;2*3-8H,1-2H3;. The normalized spacial score (nSPS) is 11.6. The molecule has 0 saturated carbocycles. The molecule has 6 aromatic heterocycles. The van der Waals surface area contributed by atoms with Crippen molar-refractivity contribution in [3.63, 3.8) is 0 Å². The molecule has 0 aliphatic carbocycles. The molecule has 0 N–H and O–H groups in total. The Morgan fingerprint density at radius 3 is 1.15 bits per heavy atom. The van der Waals surface area contributed by atoms with Gasteiger partial charge in [0.1, 0.15) is 0 Å². The number of hydrogen-bond acceptors (Lipinski definition) is 16. The van der Waals surface area contributed by atoms with E-state index in [0.29, 0.717) is 58.2 Å². The second-order valence-electron chi connectivity index (χ2n) is 12.7. The Balaban J connectivity index is 0.000000200. The van der Waals surface area contributed by atoms with E-state index in [4.69, 9.17) is 9.47 Å². The van der Waals surface area contributed by atoms with Crippen LogP contribution in [-0.4, -0.2) is 102 Å². The summed E-state index contributed by atoms with van der Waals surface area (Å²) in [6.45, 7) is 3.47. The SMILES string of the molecule is COC(=O)c1ccnc(-c2cc(C(=O)OC)ccn2)c1.COC(=O)c1ccnc(-c2cc(C(=O)OC)ccn2)c1.Cc1ccnc(-c2cc(CCC3OCCO3)ccn2)c1.[Ru]. The Morgan fingerprint density at radius 1 is 0.492 bits per heavy atom. The minimum atomic E-state index is -0.460. The number of ether oxygens (including phenoxy) is 6. The van der Waals surface area contributed by atoms with Crippen LogP contribution < -0.4 is 0 Å². The van der Waals surface area contributed by atoms with E-state index in [1.807, 2.05) is 24.5 Å². The predicted octanol–water partition coefficient (Wildman–Crippen LogP) is 6.19. The smallest absolute Gasteiger partial charge is 0.337 e. The van der Waals surface area contributed by atoms with Crippen LogP contribution in [0, 0.1) is 6.92 Å². The molecule has 1 aliphatic rings. The summed E-state index contributed by atoms with van der Waals surface area (Å²) in [4.78, 5) is 71.2. The van der Waals surface area contributed by atoms with Crippen molar-refractivity contribution in [1.82, 2.24) is 29.9 Å². The van der Waals surface area contributed by atoms with Crippen molar-refractivity contribution in [3.05, 3.63) is 143 Å². The molecule has 316 valence electrons. The molecule has 0 unspecified atom stereocenters. The summed E-state index contributed by atoms with van der Waals surface area (Å²) in [5.41, 5.74) is 7.60. The first-order valence-electron chi connectivity index (χ1n) is 18.4. The van der Waals surface area contributed by atoms with E-state index in [9.17, 15) is 19.2 Å². The van der Waals surface area contributed by atoms with Crippen molar-refractivity contribution >= 4 is 23.9 Å². The number of pyridine rings is 6. The van der Waals surface area contributed by atoms with E-state index < -0.39 is 23.9 Å². The predicted molar refractivity (Wildman–Crippen MR) is 217 cm³/mol. The van der Waals surface area contributed by atoms with Gasteiger partial charge in [-0.05, 0) is 97.3 Å². The maximum Gasteiger partial charge on any atom is 0.337 e. The molecule has 0 amide bonds. The zero-order chi connectivity index (χ0) is 42.9. The molecule has 1 saturated heterocycles. The molecule has 1 aliphatic heterocycles. The molecular formula is C44H42N6O10Ru. The number of aryl methyl sites for hydroxylation is 2. The molecule has 0 radical (unpaired) electrons. The number of rotatable bonds is 10. The number of esters is 4. The van der Waals surface area contributed by atoms with Crippen LogP contribution in [0.3, 0.4) is 0 Å². The molecule has 0 aromatic carbocycles. The molecule has 61 heavy (non-hydrogen) atoms. The van der Waals surface area contributed by atoms with Crippen LogP contribution in [0.15, 0.2) is 110 Å². The van der Waals surface area contributed by atoms with Gasteiger partial charge < -0.3 is 28.4 Å². The summed E-state index contributed by atoms with van der Waals surface area (Å²) in [5.74, 6) is -1.84. The van der Waals surface area contributed by atoms with Crippen molar-refractivity contribution in [2.75, 3.05) is 41.7 Å². The molecule has 0 spiro atoms. The fourth-order valence-electron chi connectivity index (χ4n) is 5.57. The maximum absolute atomic E-state index is 11.5. The van der Waals surface area contributed by atoms with Crippen LogP contribution in [0.2, 0.25) is 0 Å². The average molecular weight is 916 g/mol. The zero-order valence-electron chi connectivity index (χ0n) is 33.9. The fourth-order valence-corrected chi connectivity index (χ4v) is 5.57. The first-order chi connectivity index (χ1) is 29.1. The van der Waals surface area contributed by atoms with Gasteiger partial charge in [0, 0.05) is 63.1 Å². The van der Waals surface area contributed by atoms with Crippen molar-refractivity contribution in [2.45, 2.75) is 26.1 Å². The average Bonchev–Trinajstić information content (AvgIpc) is 3.84. The third kappa shape index (κ3) is 13.7. The van der Waals surface area contributed by atoms with E-state index in [0.717, 1.165) is 24.2 Å². The van der Waals surface area contributed by atoms with Gasteiger partial charge in [-0.25, -0.2) is 19.2 Å². The van der Waals surface area contributed by atoms with Crippen LogP contribution in [-0.2, 0) is 54.3 Å². The van der Waals surface area contributed by atoms with Gasteiger partial charge >= 0.3 is 23.9 Å². The molecule has 6 aromatic rings. The molecule has 7 heterocycles. The molecule has 16 nitrogen and oxygen atoms in total. The largest absolute Gasteiger partial charge is 0.465 e. The van der Waals surface area contributed by atoms with Crippen LogP contribution in [0.4, 0.5) is 0 Å². The quantitative estimate of drug-likeness (QED) is 0.0855. The second kappa shape index (κ2) is 23.8. The summed E-state index contributed by atoms with van der Waals surface area (Å²) in [6, 6.07) is 20.5. The summed E-state index contributed by atoms with van der Waals surface area (Å²) in [7, 11) is 5.22. The van der Waals surface area contributed by atoms with E-state index in [2.05, 4.69) is 67.9 Å². The van der Waals surface area contributed by atoms with Crippen LogP contribution in [0.1, 0.15) is 59.0 Å². The fraction of sp³-hybridized carbons (Fsp3) is 0.227. The summed E-state index contributed by atoms with van der Waals surface area (Å²) in [5, 5.41) is 0. The van der Waals surface area contributed by atoms with E-state index in [1.165, 1.54) is 64.4 Å². The Bertz CT molecular complexity index is 2200. The molecule has 7 rings (SSSR count). The van der Waals surface area contributed by atoms with Crippen molar-refractivity contribution in [2.24, 2.45) is 0 Å². The minimum Gasteiger partial charge on any atom is -0.465 e. The van der Waals surface area contributed by atoms with Crippen LogP contribution in [0.25, 0.3) is 34.2 Å². The number of hydrogen-bond donors (Lipinski definition) is 0. The molecular weight excluding hydrogens is 874 g/mol. The Morgan fingerprint density at radius 2 is 0.803 bits per heavy atom. The summed E-state index contributed by atoms with van der Waals surface area (Å²) < 4.78 is 29.5. The van der Waals surface area contributed by atoms with Gasteiger partial charge in [-0.1, -0.05) is 0 Å². The Labute approximate surface area is 364 Å². The van der Waals surface area contributed by atoms with E-state index in [-0.39, 0.29) is 25.8 Å². The van der Waals surface area contributed by atoms with Crippen molar-refractivity contribution in [1.29, 1.82) is 0 Å². The Kier molecular flexibility index (Phi) is 18.3. The first-order valence-corrected chi connectivity index (χ1v) is 18.4. The molecule has 0 atom stereocenters. The van der Waals surface area contributed by atoms with Gasteiger partial charge in [-0.2, -0.15) is 0 Å². The van der Waals surface area contributed by atoms with Crippen LogP contribution >= 0.6 is 0 Å². The topological polar surface area (TPSA) is 201 Å². The molecule has 0 bridgehead atoms. The van der Waals surface area contributed by atoms with Crippen molar-refractivity contribution in [3.8, 4) is 34.2 Å². The third-order valence-electron chi connectivity index (χ3n) is 8.61. The van der Waals surface area contributed by atoms with Crippen molar-refractivity contribution < 1.29 is 67.1 Å². The maximum atomic E-state index is 11.5. The second-order valence-corrected chi connectivity index (χ2v) is 12.7. The van der Waals surface area contributed by atoms with Gasteiger partial charge in [0.25, 0.3) is 0 Å². The monoisotopic (exact) mass is 916 g/mol. The first kappa shape index (κ1) is 47.0.